The van der Waals surface area contributed by atoms with Gasteiger partial charge in [0.1, 0.15) is 0 Å². The van der Waals surface area contributed by atoms with E-state index in [1.807, 2.05) is 6.92 Å². The first kappa shape index (κ1) is 12.0. The number of hydrogen-bond donors (Lipinski definition) is 1. The van der Waals surface area contributed by atoms with Gasteiger partial charge in [-0.2, -0.15) is 0 Å². The largest absolute Gasteiger partial charge is 0.481 e. The number of aliphatic carboxylic acids is 1. The fourth-order valence-electron chi connectivity index (χ4n) is 2.24. The number of carboxylic acid groups (broad SMARTS) is 1. The van der Waals surface area contributed by atoms with Crippen molar-refractivity contribution in [2.45, 2.75) is 57.4 Å². The van der Waals surface area contributed by atoms with Crippen LogP contribution in [0.5, 0.6) is 0 Å². The fraction of sp³-hybridized carbons (Fsp3) is 0.818. The van der Waals surface area contributed by atoms with E-state index >= 15 is 0 Å². The van der Waals surface area contributed by atoms with E-state index in [4.69, 9.17) is 5.11 Å². The summed E-state index contributed by atoms with van der Waals surface area (Å²) in [6, 6.07) is -0.108. The SMILES string of the molecule is CCCC(CC(=O)O)n1nnnc1C1CCC1. The summed E-state index contributed by atoms with van der Waals surface area (Å²) in [5.74, 6) is 0.507. The number of hydrogen-bond acceptors (Lipinski definition) is 4. The Kier molecular flexibility index (Phi) is 3.71. The van der Waals surface area contributed by atoms with Gasteiger partial charge >= 0.3 is 5.97 Å². The van der Waals surface area contributed by atoms with Crippen molar-refractivity contribution in [2.75, 3.05) is 0 Å². The zero-order valence-electron chi connectivity index (χ0n) is 10.0. The number of rotatable bonds is 6. The van der Waals surface area contributed by atoms with E-state index in [1.54, 1.807) is 4.68 Å². The molecule has 1 aliphatic rings. The molecule has 1 N–H and O–H groups in total. The van der Waals surface area contributed by atoms with Crippen molar-refractivity contribution in [2.24, 2.45) is 0 Å². The van der Waals surface area contributed by atoms with E-state index < -0.39 is 5.97 Å². The molecule has 0 aromatic carbocycles. The molecular formula is C11H18N4O2. The van der Waals surface area contributed by atoms with Gasteiger partial charge in [0.15, 0.2) is 5.82 Å². The first-order valence-electron chi connectivity index (χ1n) is 6.22. The third-order valence-electron chi connectivity index (χ3n) is 3.37. The topological polar surface area (TPSA) is 80.9 Å². The predicted molar refractivity (Wildman–Crippen MR) is 60.6 cm³/mol. The monoisotopic (exact) mass is 238 g/mol. The molecule has 1 aromatic heterocycles. The van der Waals surface area contributed by atoms with E-state index in [2.05, 4.69) is 15.5 Å². The highest BCUT2D eigenvalue weighted by molar-refractivity contribution is 5.67. The van der Waals surface area contributed by atoms with Crippen LogP contribution in [0, 0.1) is 0 Å². The summed E-state index contributed by atoms with van der Waals surface area (Å²) >= 11 is 0. The molecule has 2 rings (SSSR count). The lowest BCUT2D eigenvalue weighted by molar-refractivity contribution is -0.138. The third kappa shape index (κ3) is 2.62. The summed E-state index contributed by atoms with van der Waals surface area (Å²) in [5, 5.41) is 20.7. The smallest absolute Gasteiger partial charge is 0.305 e. The number of nitrogens with zero attached hydrogens (tertiary/aromatic N) is 4. The molecule has 6 heteroatoms. The van der Waals surface area contributed by atoms with Crippen molar-refractivity contribution in [3.05, 3.63) is 5.82 Å². The molecule has 0 saturated heterocycles. The predicted octanol–water partition coefficient (Wildman–Crippen LogP) is 1.76. The molecule has 6 nitrogen and oxygen atoms in total. The molecule has 94 valence electrons. The maximum Gasteiger partial charge on any atom is 0.305 e. The van der Waals surface area contributed by atoms with Crippen LogP contribution >= 0.6 is 0 Å². The average molecular weight is 238 g/mol. The first-order valence-corrected chi connectivity index (χ1v) is 6.22. The zero-order chi connectivity index (χ0) is 12.3. The third-order valence-corrected chi connectivity index (χ3v) is 3.37. The lowest BCUT2D eigenvalue weighted by Crippen LogP contribution is -2.22. The van der Waals surface area contributed by atoms with Gasteiger partial charge < -0.3 is 5.11 Å². The van der Waals surface area contributed by atoms with Crippen molar-refractivity contribution < 1.29 is 9.90 Å². The van der Waals surface area contributed by atoms with Crippen LogP contribution in [0.3, 0.4) is 0 Å². The highest BCUT2D eigenvalue weighted by Crippen LogP contribution is 2.36. The Bertz CT molecular complexity index is 387. The Morgan fingerprint density at radius 3 is 2.88 bits per heavy atom. The van der Waals surface area contributed by atoms with Crippen LogP contribution in [-0.4, -0.2) is 31.3 Å². The molecule has 1 unspecified atom stereocenters. The second-order valence-electron chi connectivity index (χ2n) is 4.65. The first-order chi connectivity index (χ1) is 8.22. The van der Waals surface area contributed by atoms with Gasteiger partial charge in [0, 0.05) is 5.92 Å². The Hall–Kier alpha value is -1.46. The van der Waals surface area contributed by atoms with Crippen molar-refractivity contribution in [3.63, 3.8) is 0 Å². The normalized spacial score (nSPS) is 17.7. The maximum absolute atomic E-state index is 10.9. The lowest BCUT2D eigenvalue weighted by atomic mass is 9.84. The summed E-state index contributed by atoms with van der Waals surface area (Å²) in [4.78, 5) is 10.9. The van der Waals surface area contributed by atoms with Gasteiger partial charge in [0.25, 0.3) is 0 Å². The standard InChI is InChI=1S/C11H18N4O2/c1-2-4-9(7-10(16)17)15-11(12-13-14-15)8-5-3-6-8/h8-9H,2-7H2,1H3,(H,16,17). The van der Waals surface area contributed by atoms with Crippen LogP contribution in [0.15, 0.2) is 0 Å². The molecule has 1 aliphatic carbocycles. The van der Waals surface area contributed by atoms with Crippen LogP contribution in [-0.2, 0) is 4.79 Å². The van der Waals surface area contributed by atoms with Crippen molar-refractivity contribution in [1.29, 1.82) is 0 Å². The van der Waals surface area contributed by atoms with Gasteiger partial charge in [0.2, 0.25) is 0 Å². The van der Waals surface area contributed by atoms with E-state index in [1.165, 1.54) is 6.42 Å². The van der Waals surface area contributed by atoms with Crippen LogP contribution < -0.4 is 0 Å². The number of carboxylic acids is 1. The second kappa shape index (κ2) is 5.25. The number of tetrazole rings is 1. The number of aromatic nitrogens is 4. The minimum Gasteiger partial charge on any atom is -0.481 e. The molecule has 1 heterocycles. The highest BCUT2D eigenvalue weighted by atomic mass is 16.4. The Balaban J connectivity index is 2.16. The van der Waals surface area contributed by atoms with Crippen LogP contribution in [0.1, 0.15) is 63.2 Å². The summed E-state index contributed by atoms with van der Waals surface area (Å²) in [6.45, 7) is 2.04. The second-order valence-corrected chi connectivity index (χ2v) is 4.65. The minimum absolute atomic E-state index is 0.0958. The quantitative estimate of drug-likeness (QED) is 0.816. The zero-order valence-corrected chi connectivity index (χ0v) is 10.0. The van der Waals surface area contributed by atoms with Crippen LogP contribution in [0.4, 0.5) is 0 Å². The highest BCUT2D eigenvalue weighted by Gasteiger charge is 2.28. The molecule has 1 saturated carbocycles. The van der Waals surface area contributed by atoms with Gasteiger partial charge in [-0.3, -0.25) is 4.79 Å². The molecule has 1 atom stereocenters. The van der Waals surface area contributed by atoms with E-state index in [0.29, 0.717) is 5.92 Å². The van der Waals surface area contributed by atoms with Gasteiger partial charge in [-0.1, -0.05) is 19.8 Å². The molecule has 17 heavy (non-hydrogen) atoms. The summed E-state index contributed by atoms with van der Waals surface area (Å²) in [5.41, 5.74) is 0. The van der Waals surface area contributed by atoms with E-state index in [0.717, 1.165) is 31.5 Å². The van der Waals surface area contributed by atoms with Gasteiger partial charge in [-0.05, 0) is 29.7 Å². The minimum atomic E-state index is -0.793. The van der Waals surface area contributed by atoms with Crippen LogP contribution in [0.2, 0.25) is 0 Å². The Morgan fingerprint density at radius 1 is 1.59 bits per heavy atom. The average Bonchev–Trinajstić information content (AvgIpc) is 2.62. The molecule has 0 aliphatic heterocycles. The van der Waals surface area contributed by atoms with Gasteiger partial charge in [0.05, 0.1) is 12.5 Å². The maximum atomic E-state index is 10.9. The van der Waals surface area contributed by atoms with Gasteiger partial charge in [-0.25, -0.2) is 4.68 Å². The van der Waals surface area contributed by atoms with E-state index in [-0.39, 0.29) is 12.5 Å². The molecule has 1 fully saturated rings. The Morgan fingerprint density at radius 2 is 2.35 bits per heavy atom. The number of carbonyl (C=O) groups is 1. The van der Waals surface area contributed by atoms with E-state index in [9.17, 15) is 4.79 Å². The molecule has 1 aromatic rings. The fourth-order valence-corrected chi connectivity index (χ4v) is 2.24. The molecule has 0 radical (unpaired) electrons. The summed E-state index contributed by atoms with van der Waals surface area (Å²) in [6.07, 6.45) is 5.28. The van der Waals surface area contributed by atoms with Crippen molar-refractivity contribution in [3.8, 4) is 0 Å². The molecule has 0 bridgehead atoms. The molecule has 0 spiro atoms. The Labute approximate surface area is 100 Å². The van der Waals surface area contributed by atoms with Crippen molar-refractivity contribution in [1.82, 2.24) is 20.2 Å². The molecular weight excluding hydrogens is 220 g/mol. The lowest BCUT2D eigenvalue weighted by Gasteiger charge is -2.26. The van der Waals surface area contributed by atoms with Crippen molar-refractivity contribution >= 4 is 5.97 Å². The summed E-state index contributed by atoms with van der Waals surface area (Å²) < 4.78 is 1.74. The van der Waals surface area contributed by atoms with Crippen LogP contribution in [0.25, 0.3) is 0 Å². The summed E-state index contributed by atoms with van der Waals surface area (Å²) in [7, 11) is 0. The van der Waals surface area contributed by atoms with Gasteiger partial charge in [-0.15, -0.1) is 5.10 Å². The molecule has 0 amide bonds.